The lowest BCUT2D eigenvalue weighted by Crippen LogP contribution is -2.31. The van der Waals surface area contributed by atoms with Crippen LogP contribution in [0.15, 0.2) is 24.3 Å². The molecule has 2 N–H and O–H groups in total. The Bertz CT molecular complexity index is 396. The monoisotopic (exact) mass is 292 g/mol. The summed E-state index contributed by atoms with van der Waals surface area (Å²) in [6, 6.07) is 6.92. The van der Waals surface area contributed by atoms with E-state index in [1.54, 1.807) is 12.1 Å². The van der Waals surface area contributed by atoms with Gasteiger partial charge in [0, 0.05) is 18.8 Å². The number of benzene rings is 1. The van der Waals surface area contributed by atoms with Crippen LogP contribution in [0.4, 0.5) is 5.69 Å². The minimum Gasteiger partial charge on any atom is -0.478 e. The average molecular weight is 292 g/mol. The predicted octanol–water partition coefficient (Wildman–Crippen LogP) is 3.70. The average Bonchev–Trinajstić information content (AvgIpc) is 2.50. The van der Waals surface area contributed by atoms with Crippen molar-refractivity contribution in [1.82, 2.24) is 4.90 Å². The standard InChI is InChI=1S/C17H28N2O2/c1-3-5-12-19(13-6-4-2)14-11-18-16-9-7-15(8-10-16)17(20)21/h7-10,18H,3-6,11-14H2,1-2H3,(H,20,21). The first-order valence-electron chi connectivity index (χ1n) is 7.97. The highest BCUT2D eigenvalue weighted by molar-refractivity contribution is 5.87. The van der Waals surface area contributed by atoms with Gasteiger partial charge in [0.25, 0.3) is 0 Å². The number of aromatic carboxylic acids is 1. The molecule has 0 saturated carbocycles. The molecule has 0 unspecified atom stereocenters. The molecule has 0 saturated heterocycles. The van der Waals surface area contributed by atoms with E-state index in [4.69, 9.17) is 5.11 Å². The highest BCUT2D eigenvalue weighted by Gasteiger charge is 2.04. The zero-order valence-corrected chi connectivity index (χ0v) is 13.3. The van der Waals surface area contributed by atoms with E-state index < -0.39 is 5.97 Å². The van der Waals surface area contributed by atoms with Crippen LogP contribution >= 0.6 is 0 Å². The zero-order valence-electron chi connectivity index (χ0n) is 13.3. The van der Waals surface area contributed by atoms with Gasteiger partial charge in [0.15, 0.2) is 0 Å². The molecule has 0 radical (unpaired) electrons. The summed E-state index contributed by atoms with van der Waals surface area (Å²) in [7, 11) is 0. The number of carbonyl (C=O) groups is 1. The Kier molecular flexibility index (Phi) is 8.51. The Morgan fingerprint density at radius 2 is 1.62 bits per heavy atom. The maximum Gasteiger partial charge on any atom is 0.335 e. The molecule has 0 aliphatic rings. The molecule has 21 heavy (non-hydrogen) atoms. The van der Waals surface area contributed by atoms with Crippen LogP contribution < -0.4 is 5.32 Å². The molecule has 1 aromatic rings. The highest BCUT2D eigenvalue weighted by Crippen LogP contribution is 2.09. The quantitative estimate of drug-likeness (QED) is 0.653. The van der Waals surface area contributed by atoms with Crippen LogP contribution in [0.5, 0.6) is 0 Å². The highest BCUT2D eigenvalue weighted by atomic mass is 16.4. The molecular weight excluding hydrogens is 264 g/mol. The van der Waals surface area contributed by atoms with Gasteiger partial charge >= 0.3 is 5.97 Å². The molecule has 0 heterocycles. The fourth-order valence-corrected chi connectivity index (χ4v) is 2.19. The summed E-state index contributed by atoms with van der Waals surface area (Å²) in [6.07, 6.45) is 4.95. The Morgan fingerprint density at radius 3 is 2.10 bits per heavy atom. The number of hydrogen-bond donors (Lipinski definition) is 2. The predicted molar refractivity (Wildman–Crippen MR) is 88.1 cm³/mol. The van der Waals surface area contributed by atoms with Crippen molar-refractivity contribution < 1.29 is 9.90 Å². The van der Waals surface area contributed by atoms with Gasteiger partial charge in [0.05, 0.1) is 5.56 Å². The molecule has 1 aromatic carbocycles. The maximum absolute atomic E-state index is 10.8. The second-order valence-electron chi connectivity index (χ2n) is 5.36. The van der Waals surface area contributed by atoms with Gasteiger partial charge in [0.1, 0.15) is 0 Å². The lowest BCUT2D eigenvalue weighted by atomic mass is 10.2. The third kappa shape index (κ3) is 7.14. The Balaban J connectivity index is 2.36. The van der Waals surface area contributed by atoms with E-state index in [1.807, 2.05) is 12.1 Å². The van der Waals surface area contributed by atoms with E-state index in [0.29, 0.717) is 5.56 Å². The Hall–Kier alpha value is -1.55. The van der Waals surface area contributed by atoms with E-state index in [2.05, 4.69) is 24.1 Å². The largest absolute Gasteiger partial charge is 0.478 e. The second kappa shape index (κ2) is 10.2. The molecule has 1 rings (SSSR count). The molecule has 0 fully saturated rings. The first kappa shape index (κ1) is 17.5. The molecule has 4 nitrogen and oxygen atoms in total. The van der Waals surface area contributed by atoms with Crippen molar-refractivity contribution in [3.05, 3.63) is 29.8 Å². The summed E-state index contributed by atoms with van der Waals surface area (Å²) in [6.45, 7) is 8.69. The number of carboxylic acid groups (broad SMARTS) is 1. The summed E-state index contributed by atoms with van der Waals surface area (Å²) >= 11 is 0. The molecule has 0 aliphatic heterocycles. The van der Waals surface area contributed by atoms with Gasteiger partial charge in [-0.2, -0.15) is 0 Å². The van der Waals surface area contributed by atoms with Gasteiger partial charge in [-0.25, -0.2) is 4.79 Å². The lowest BCUT2D eigenvalue weighted by Gasteiger charge is -2.22. The van der Waals surface area contributed by atoms with Gasteiger partial charge in [-0.3, -0.25) is 0 Å². The summed E-state index contributed by atoms with van der Waals surface area (Å²) in [5.41, 5.74) is 1.30. The van der Waals surface area contributed by atoms with Crippen LogP contribution in [-0.2, 0) is 0 Å². The summed E-state index contributed by atoms with van der Waals surface area (Å²) in [4.78, 5) is 13.3. The van der Waals surface area contributed by atoms with Crippen molar-refractivity contribution >= 4 is 11.7 Å². The SMILES string of the molecule is CCCCN(CCCC)CCNc1ccc(C(=O)O)cc1. The number of nitrogens with one attached hydrogen (secondary N) is 1. The first-order chi connectivity index (χ1) is 10.2. The van der Waals surface area contributed by atoms with Crippen LogP contribution in [0.1, 0.15) is 49.9 Å². The number of unbranched alkanes of at least 4 members (excludes halogenated alkanes) is 2. The number of hydrogen-bond acceptors (Lipinski definition) is 3. The molecule has 0 amide bonds. The van der Waals surface area contributed by atoms with Gasteiger partial charge in [-0.15, -0.1) is 0 Å². The van der Waals surface area contributed by atoms with Gasteiger partial charge < -0.3 is 15.3 Å². The summed E-state index contributed by atoms with van der Waals surface area (Å²) in [5, 5.41) is 12.2. The third-order valence-corrected chi connectivity index (χ3v) is 3.54. The van der Waals surface area contributed by atoms with Crippen molar-refractivity contribution in [2.75, 3.05) is 31.5 Å². The molecule has 0 spiro atoms. The fraction of sp³-hybridized carbons (Fsp3) is 0.588. The van der Waals surface area contributed by atoms with Crippen molar-refractivity contribution in [2.24, 2.45) is 0 Å². The molecule has 0 bridgehead atoms. The number of rotatable bonds is 11. The van der Waals surface area contributed by atoms with E-state index in [1.165, 1.54) is 25.7 Å². The summed E-state index contributed by atoms with van der Waals surface area (Å²) < 4.78 is 0. The minimum absolute atomic E-state index is 0.327. The molecule has 118 valence electrons. The number of anilines is 1. The molecule has 0 aliphatic carbocycles. The molecule has 4 heteroatoms. The lowest BCUT2D eigenvalue weighted by molar-refractivity contribution is 0.0697. The van der Waals surface area contributed by atoms with Crippen LogP contribution in [0, 0.1) is 0 Å². The van der Waals surface area contributed by atoms with Gasteiger partial charge in [-0.05, 0) is 50.2 Å². The van der Waals surface area contributed by atoms with Gasteiger partial charge in [0.2, 0.25) is 0 Å². The smallest absolute Gasteiger partial charge is 0.335 e. The van der Waals surface area contributed by atoms with E-state index in [9.17, 15) is 4.79 Å². The molecule has 0 atom stereocenters. The van der Waals surface area contributed by atoms with Crippen LogP contribution in [0.3, 0.4) is 0 Å². The van der Waals surface area contributed by atoms with E-state index in [-0.39, 0.29) is 0 Å². The maximum atomic E-state index is 10.8. The Morgan fingerprint density at radius 1 is 1.05 bits per heavy atom. The van der Waals surface area contributed by atoms with Crippen molar-refractivity contribution in [3.8, 4) is 0 Å². The van der Waals surface area contributed by atoms with Gasteiger partial charge in [-0.1, -0.05) is 26.7 Å². The Labute approximate surface area is 128 Å². The molecular formula is C17H28N2O2. The van der Waals surface area contributed by atoms with Crippen molar-refractivity contribution in [1.29, 1.82) is 0 Å². The van der Waals surface area contributed by atoms with E-state index in [0.717, 1.165) is 31.9 Å². The number of nitrogens with zero attached hydrogens (tertiary/aromatic N) is 1. The van der Waals surface area contributed by atoms with Crippen molar-refractivity contribution in [2.45, 2.75) is 39.5 Å². The topological polar surface area (TPSA) is 52.6 Å². The second-order valence-corrected chi connectivity index (χ2v) is 5.36. The zero-order chi connectivity index (χ0) is 15.5. The summed E-state index contributed by atoms with van der Waals surface area (Å²) in [5.74, 6) is -0.883. The first-order valence-corrected chi connectivity index (χ1v) is 7.97. The fourth-order valence-electron chi connectivity index (χ4n) is 2.19. The van der Waals surface area contributed by atoms with Crippen LogP contribution in [0.25, 0.3) is 0 Å². The number of carboxylic acids is 1. The van der Waals surface area contributed by atoms with E-state index >= 15 is 0 Å². The normalized spacial score (nSPS) is 10.8. The molecule has 0 aromatic heterocycles. The van der Waals surface area contributed by atoms with Crippen LogP contribution in [0.2, 0.25) is 0 Å². The van der Waals surface area contributed by atoms with Crippen molar-refractivity contribution in [3.63, 3.8) is 0 Å². The minimum atomic E-state index is -0.883. The third-order valence-electron chi connectivity index (χ3n) is 3.54. The van der Waals surface area contributed by atoms with Crippen LogP contribution in [-0.4, -0.2) is 42.2 Å².